The lowest BCUT2D eigenvalue weighted by molar-refractivity contribution is 0.598. The normalized spacial score (nSPS) is 11.0. The highest BCUT2D eigenvalue weighted by Crippen LogP contribution is 2.13. The van der Waals surface area contributed by atoms with E-state index in [0.29, 0.717) is 35.8 Å². The molecule has 0 radical (unpaired) electrons. The van der Waals surface area contributed by atoms with Crippen molar-refractivity contribution in [1.29, 1.82) is 0 Å². The maximum atomic E-state index is 13.8. The van der Waals surface area contributed by atoms with E-state index in [0.717, 1.165) is 6.42 Å². The van der Waals surface area contributed by atoms with Gasteiger partial charge in [-0.3, -0.25) is 4.57 Å². The number of nitrogens with zero attached hydrogens (tertiary/aromatic N) is 3. The Morgan fingerprint density at radius 1 is 1.35 bits per heavy atom. The number of nitrogens with one attached hydrogen (secondary N) is 2. The number of anilines is 1. The van der Waals surface area contributed by atoms with Crippen molar-refractivity contribution >= 4 is 17.1 Å². The Morgan fingerprint density at radius 2 is 2.17 bits per heavy atom. The van der Waals surface area contributed by atoms with Crippen LogP contribution in [0, 0.1) is 5.82 Å². The molecule has 23 heavy (non-hydrogen) atoms. The summed E-state index contributed by atoms with van der Waals surface area (Å²) in [6, 6.07) is 6.35. The van der Waals surface area contributed by atoms with Gasteiger partial charge in [0, 0.05) is 12.1 Å². The third kappa shape index (κ3) is 3.21. The third-order valence-electron chi connectivity index (χ3n) is 3.46. The van der Waals surface area contributed by atoms with Crippen LogP contribution >= 0.6 is 0 Å². The molecule has 0 amide bonds. The van der Waals surface area contributed by atoms with Gasteiger partial charge in [0.25, 0.3) is 0 Å². The van der Waals surface area contributed by atoms with Gasteiger partial charge in [-0.1, -0.05) is 18.2 Å². The number of fused-ring (bicyclic) bond motifs is 1. The summed E-state index contributed by atoms with van der Waals surface area (Å²) in [5.41, 5.74) is 6.46. The fourth-order valence-corrected chi connectivity index (χ4v) is 2.28. The van der Waals surface area contributed by atoms with Crippen LogP contribution < -0.4 is 16.7 Å². The quantitative estimate of drug-likeness (QED) is 0.590. The lowest BCUT2D eigenvalue weighted by Crippen LogP contribution is -2.18. The van der Waals surface area contributed by atoms with Gasteiger partial charge < -0.3 is 16.0 Å². The van der Waals surface area contributed by atoms with Crippen molar-refractivity contribution in [3.63, 3.8) is 0 Å². The highest BCUT2D eigenvalue weighted by Gasteiger charge is 2.12. The zero-order valence-corrected chi connectivity index (χ0v) is 12.4. The molecular weight excluding hydrogens is 299 g/mol. The Kier molecular flexibility index (Phi) is 4.33. The van der Waals surface area contributed by atoms with Crippen molar-refractivity contribution in [2.45, 2.75) is 13.0 Å². The molecule has 1 aromatic carbocycles. The van der Waals surface area contributed by atoms with Gasteiger partial charge in [0.1, 0.15) is 11.3 Å². The largest absolute Gasteiger partial charge is 0.354 e. The van der Waals surface area contributed by atoms with Crippen LogP contribution in [0.2, 0.25) is 0 Å². The number of hydrogen-bond donors (Lipinski definition) is 3. The van der Waals surface area contributed by atoms with Crippen LogP contribution in [0.25, 0.3) is 11.2 Å². The van der Waals surface area contributed by atoms with Gasteiger partial charge >= 0.3 is 5.69 Å². The first-order chi connectivity index (χ1) is 11.2. The minimum Gasteiger partial charge on any atom is -0.354 e. The molecule has 2 heterocycles. The van der Waals surface area contributed by atoms with Gasteiger partial charge in [0.15, 0.2) is 5.65 Å². The van der Waals surface area contributed by atoms with Crippen LogP contribution in [0.1, 0.15) is 12.0 Å². The molecule has 0 fully saturated rings. The highest BCUT2D eigenvalue weighted by molar-refractivity contribution is 5.71. The van der Waals surface area contributed by atoms with Gasteiger partial charge in [-0.05, 0) is 19.0 Å². The molecule has 3 aromatic rings. The third-order valence-corrected chi connectivity index (χ3v) is 3.46. The summed E-state index contributed by atoms with van der Waals surface area (Å²) in [6.07, 6.45) is 2.32. The van der Waals surface area contributed by atoms with E-state index in [9.17, 15) is 9.18 Å². The first-order valence-corrected chi connectivity index (χ1v) is 7.32. The monoisotopic (exact) mass is 316 g/mol. The Morgan fingerprint density at radius 3 is 2.96 bits per heavy atom. The van der Waals surface area contributed by atoms with Gasteiger partial charge in [-0.15, -0.1) is 0 Å². The molecule has 0 spiro atoms. The van der Waals surface area contributed by atoms with E-state index in [2.05, 4.69) is 20.3 Å². The summed E-state index contributed by atoms with van der Waals surface area (Å²) in [5.74, 6) is 0.0522. The van der Waals surface area contributed by atoms with Crippen molar-refractivity contribution in [2.75, 3.05) is 18.4 Å². The van der Waals surface area contributed by atoms with E-state index in [1.165, 1.54) is 16.8 Å². The van der Waals surface area contributed by atoms with E-state index < -0.39 is 0 Å². The summed E-state index contributed by atoms with van der Waals surface area (Å²) < 4.78 is 15.2. The van der Waals surface area contributed by atoms with Gasteiger partial charge in [-0.2, -0.15) is 4.98 Å². The maximum Gasteiger partial charge on any atom is 0.328 e. The van der Waals surface area contributed by atoms with Crippen molar-refractivity contribution in [3.8, 4) is 0 Å². The van der Waals surface area contributed by atoms with Crippen LogP contribution in [0.3, 0.4) is 0 Å². The minimum atomic E-state index is -0.357. The van der Waals surface area contributed by atoms with Crippen LogP contribution in [0.5, 0.6) is 0 Å². The molecule has 0 atom stereocenters. The Hall–Kier alpha value is -2.74. The van der Waals surface area contributed by atoms with Crippen LogP contribution in [-0.2, 0) is 6.54 Å². The average Bonchev–Trinajstić information content (AvgIpc) is 2.85. The number of halogens is 1. The number of aromatic amines is 1. The number of imidazole rings is 1. The van der Waals surface area contributed by atoms with E-state index in [1.54, 1.807) is 18.2 Å². The van der Waals surface area contributed by atoms with Crippen molar-refractivity contribution < 1.29 is 4.39 Å². The van der Waals surface area contributed by atoms with E-state index in [-0.39, 0.29) is 18.1 Å². The SMILES string of the molecule is NCCCNc1ncc2[nH]c(=O)n(Cc3ccccc3F)c2n1. The lowest BCUT2D eigenvalue weighted by Gasteiger charge is -2.06. The van der Waals surface area contributed by atoms with E-state index >= 15 is 0 Å². The summed E-state index contributed by atoms with van der Waals surface area (Å²) >= 11 is 0. The Labute approximate surface area is 131 Å². The molecule has 0 aliphatic rings. The van der Waals surface area contributed by atoms with Crippen LogP contribution in [0.4, 0.5) is 10.3 Å². The van der Waals surface area contributed by atoms with Crippen LogP contribution in [0.15, 0.2) is 35.3 Å². The molecule has 0 aliphatic carbocycles. The topological polar surface area (TPSA) is 102 Å². The van der Waals surface area contributed by atoms with Crippen molar-refractivity contribution in [1.82, 2.24) is 19.5 Å². The maximum absolute atomic E-state index is 13.8. The molecule has 2 aromatic heterocycles. The number of aromatic nitrogens is 4. The first-order valence-electron chi connectivity index (χ1n) is 7.32. The summed E-state index contributed by atoms with van der Waals surface area (Å²) in [4.78, 5) is 23.3. The molecular formula is C15H17FN6O. The molecule has 0 saturated heterocycles. The van der Waals surface area contributed by atoms with Gasteiger partial charge in [-0.25, -0.2) is 14.2 Å². The lowest BCUT2D eigenvalue weighted by atomic mass is 10.2. The van der Waals surface area contributed by atoms with Gasteiger partial charge in [0.2, 0.25) is 5.95 Å². The molecule has 0 aliphatic heterocycles. The number of H-pyrrole nitrogens is 1. The minimum absolute atomic E-state index is 0.102. The first kappa shape index (κ1) is 15.2. The standard InChI is InChI=1S/C15H17FN6O/c16-11-5-2-1-4-10(11)9-22-13-12(20-15(22)23)8-19-14(21-13)18-7-3-6-17/h1-2,4-5,8H,3,6-7,9,17H2,(H,20,23)(H,18,19,21). The molecule has 3 rings (SSSR count). The predicted molar refractivity (Wildman–Crippen MR) is 85.8 cm³/mol. The van der Waals surface area contributed by atoms with Crippen LogP contribution in [-0.4, -0.2) is 32.6 Å². The van der Waals surface area contributed by atoms with Gasteiger partial charge in [0.05, 0.1) is 12.7 Å². The second-order valence-corrected chi connectivity index (χ2v) is 5.11. The van der Waals surface area contributed by atoms with Crippen molar-refractivity contribution in [3.05, 3.63) is 52.3 Å². The smallest absolute Gasteiger partial charge is 0.328 e. The summed E-state index contributed by atoms with van der Waals surface area (Å²) in [6.45, 7) is 1.31. The fourth-order valence-electron chi connectivity index (χ4n) is 2.28. The molecule has 0 unspecified atom stereocenters. The number of rotatable bonds is 6. The summed E-state index contributed by atoms with van der Waals surface area (Å²) in [7, 11) is 0. The predicted octanol–water partition coefficient (Wildman–Crippen LogP) is 1.07. The number of hydrogen-bond acceptors (Lipinski definition) is 5. The Bertz CT molecular complexity index is 872. The number of benzene rings is 1. The molecule has 0 saturated carbocycles. The summed E-state index contributed by atoms with van der Waals surface area (Å²) in [5, 5.41) is 3.04. The van der Waals surface area contributed by atoms with Crippen molar-refractivity contribution in [2.24, 2.45) is 5.73 Å². The molecule has 120 valence electrons. The Balaban J connectivity index is 1.95. The zero-order chi connectivity index (χ0) is 16.2. The molecule has 7 nitrogen and oxygen atoms in total. The zero-order valence-electron chi connectivity index (χ0n) is 12.4. The highest BCUT2D eigenvalue weighted by atomic mass is 19.1. The fraction of sp³-hybridized carbons (Fsp3) is 0.267. The number of nitrogens with two attached hydrogens (primary N) is 1. The molecule has 8 heteroatoms. The van der Waals surface area contributed by atoms with E-state index in [1.807, 2.05) is 0 Å². The second-order valence-electron chi connectivity index (χ2n) is 5.11. The second kappa shape index (κ2) is 6.57. The average molecular weight is 316 g/mol. The molecule has 4 N–H and O–H groups in total. The molecule has 0 bridgehead atoms. The van der Waals surface area contributed by atoms with E-state index in [4.69, 9.17) is 5.73 Å².